The Morgan fingerprint density at radius 2 is 1.82 bits per heavy atom. The first kappa shape index (κ1) is 16.5. The first-order chi connectivity index (χ1) is 10.7. The van der Waals surface area contributed by atoms with E-state index in [1.165, 1.54) is 0 Å². The molecular weight excluding hydrogens is 278 g/mol. The van der Waals surface area contributed by atoms with E-state index >= 15 is 0 Å². The summed E-state index contributed by atoms with van der Waals surface area (Å²) < 4.78 is 5.33. The average molecular weight is 303 g/mol. The molecule has 120 valence electrons. The fourth-order valence-corrected chi connectivity index (χ4v) is 3.08. The lowest BCUT2D eigenvalue weighted by Gasteiger charge is -2.30. The van der Waals surface area contributed by atoms with Crippen molar-refractivity contribution < 1.29 is 14.3 Å². The number of rotatable bonds is 6. The number of carbonyl (C=O) groups is 2. The molecule has 1 fully saturated rings. The normalized spacial score (nSPS) is 21.1. The van der Waals surface area contributed by atoms with Crippen LogP contribution < -0.4 is 0 Å². The molecule has 22 heavy (non-hydrogen) atoms. The summed E-state index contributed by atoms with van der Waals surface area (Å²) in [6.45, 7) is 1.05. The summed E-state index contributed by atoms with van der Waals surface area (Å²) in [6.07, 6.45) is 5.81. The molecule has 0 atom stereocenters. The maximum Gasteiger partial charge on any atom is 0.409 e. The molecule has 4 nitrogen and oxygen atoms in total. The molecule has 1 saturated carbocycles. The van der Waals surface area contributed by atoms with Gasteiger partial charge in [0.2, 0.25) is 0 Å². The molecule has 0 saturated heterocycles. The Kier molecular flexibility index (Phi) is 6.44. The largest absolute Gasteiger partial charge is 0.445 e. The maximum absolute atomic E-state index is 12.0. The predicted molar refractivity (Wildman–Crippen MR) is 85.4 cm³/mol. The number of hydrogen-bond acceptors (Lipinski definition) is 3. The topological polar surface area (TPSA) is 46.6 Å². The number of nitrogens with zero attached hydrogens (tertiary/aromatic N) is 1. The SMILES string of the molecule is CN(C[C@H]1CC[C@H](CC=O)CC1)C(=O)OCc1ccccc1. The molecule has 1 aliphatic rings. The van der Waals surface area contributed by atoms with E-state index in [1.54, 1.807) is 11.9 Å². The Morgan fingerprint density at radius 1 is 1.18 bits per heavy atom. The van der Waals surface area contributed by atoms with E-state index in [1.807, 2.05) is 30.3 Å². The van der Waals surface area contributed by atoms with Crippen LogP contribution in [0.15, 0.2) is 30.3 Å². The molecule has 0 bridgehead atoms. The van der Waals surface area contributed by atoms with Crippen LogP contribution >= 0.6 is 0 Å². The van der Waals surface area contributed by atoms with E-state index in [-0.39, 0.29) is 6.09 Å². The van der Waals surface area contributed by atoms with Crippen molar-refractivity contribution in [2.45, 2.75) is 38.7 Å². The lowest BCUT2D eigenvalue weighted by molar-refractivity contribution is -0.108. The smallest absolute Gasteiger partial charge is 0.409 e. The van der Waals surface area contributed by atoms with E-state index in [2.05, 4.69) is 0 Å². The quantitative estimate of drug-likeness (QED) is 0.754. The molecule has 0 spiro atoms. The second-order valence-corrected chi connectivity index (χ2v) is 6.21. The highest BCUT2D eigenvalue weighted by Crippen LogP contribution is 2.30. The van der Waals surface area contributed by atoms with Gasteiger partial charge in [-0.15, -0.1) is 0 Å². The molecule has 4 heteroatoms. The van der Waals surface area contributed by atoms with Crippen LogP contribution in [0.3, 0.4) is 0 Å². The van der Waals surface area contributed by atoms with E-state index < -0.39 is 0 Å². The summed E-state index contributed by atoms with van der Waals surface area (Å²) in [6, 6.07) is 9.71. The third-order valence-electron chi connectivity index (χ3n) is 4.44. The minimum atomic E-state index is -0.265. The van der Waals surface area contributed by atoms with Crippen molar-refractivity contribution in [1.29, 1.82) is 0 Å². The van der Waals surface area contributed by atoms with Gasteiger partial charge < -0.3 is 14.4 Å². The molecule has 1 aliphatic carbocycles. The zero-order valence-corrected chi connectivity index (χ0v) is 13.2. The van der Waals surface area contributed by atoms with E-state index in [4.69, 9.17) is 4.74 Å². The molecule has 2 rings (SSSR count). The van der Waals surface area contributed by atoms with Crippen molar-refractivity contribution in [1.82, 2.24) is 4.90 Å². The molecule has 1 aromatic carbocycles. The summed E-state index contributed by atoms with van der Waals surface area (Å²) in [5.41, 5.74) is 0.999. The second kappa shape index (κ2) is 8.57. The molecule has 0 aliphatic heterocycles. The number of amides is 1. The molecular formula is C18H25NO3. The van der Waals surface area contributed by atoms with Crippen molar-refractivity contribution in [3.8, 4) is 0 Å². The third kappa shape index (κ3) is 5.17. The minimum Gasteiger partial charge on any atom is -0.445 e. The third-order valence-corrected chi connectivity index (χ3v) is 4.44. The number of benzene rings is 1. The van der Waals surface area contributed by atoms with Crippen LogP contribution in [0.4, 0.5) is 4.79 Å². The lowest BCUT2D eigenvalue weighted by Crippen LogP contribution is -2.33. The summed E-state index contributed by atoms with van der Waals surface area (Å²) >= 11 is 0. The summed E-state index contributed by atoms with van der Waals surface area (Å²) in [4.78, 5) is 24.2. The van der Waals surface area contributed by atoms with E-state index in [9.17, 15) is 9.59 Å². The molecule has 0 N–H and O–H groups in total. The van der Waals surface area contributed by atoms with Crippen molar-refractivity contribution >= 4 is 12.4 Å². The van der Waals surface area contributed by atoms with Crippen LogP contribution in [-0.2, 0) is 16.1 Å². The standard InChI is InChI=1S/C18H25NO3/c1-19(13-16-9-7-15(8-10-16)11-12-20)18(21)22-14-17-5-3-2-4-6-17/h2-6,12,15-16H,7-11,13-14H2,1H3/t15-,16-. The van der Waals surface area contributed by atoms with Gasteiger partial charge in [0, 0.05) is 20.0 Å². The molecule has 0 radical (unpaired) electrons. The fourth-order valence-electron chi connectivity index (χ4n) is 3.08. The number of aldehydes is 1. The van der Waals surface area contributed by atoms with Gasteiger partial charge in [-0.25, -0.2) is 4.79 Å². The van der Waals surface area contributed by atoms with Crippen molar-refractivity contribution in [2.75, 3.05) is 13.6 Å². The Balaban J connectivity index is 1.69. The van der Waals surface area contributed by atoms with Crippen LogP contribution in [0.1, 0.15) is 37.7 Å². The number of ether oxygens (including phenoxy) is 1. The van der Waals surface area contributed by atoms with Crippen LogP contribution in [0.2, 0.25) is 0 Å². The lowest BCUT2D eigenvalue weighted by atomic mass is 9.80. The Morgan fingerprint density at radius 3 is 2.45 bits per heavy atom. The average Bonchev–Trinajstić information content (AvgIpc) is 2.55. The van der Waals surface area contributed by atoms with Gasteiger partial charge >= 0.3 is 6.09 Å². The Labute approximate surface area is 132 Å². The first-order valence-corrected chi connectivity index (χ1v) is 8.04. The van der Waals surface area contributed by atoms with Crippen molar-refractivity contribution in [3.63, 3.8) is 0 Å². The van der Waals surface area contributed by atoms with Gasteiger partial charge in [-0.3, -0.25) is 0 Å². The van der Waals surface area contributed by atoms with Gasteiger partial charge in [0.25, 0.3) is 0 Å². The summed E-state index contributed by atoms with van der Waals surface area (Å²) in [5.74, 6) is 1.07. The molecule has 0 heterocycles. The highest BCUT2D eigenvalue weighted by Gasteiger charge is 2.23. The van der Waals surface area contributed by atoms with E-state index in [0.717, 1.165) is 44.1 Å². The highest BCUT2D eigenvalue weighted by atomic mass is 16.6. The van der Waals surface area contributed by atoms with Gasteiger partial charge in [0.1, 0.15) is 12.9 Å². The van der Waals surface area contributed by atoms with Crippen molar-refractivity contribution in [3.05, 3.63) is 35.9 Å². The molecule has 0 unspecified atom stereocenters. The van der Waals surface area contributed by atoms with Gasteiger partial charge in [0.05, 0.1) is 0 Å². The zero-order valence-electron chi connectivity index (χ0n) is 13.2. The monoisotopic (exact) mass is 303 g/mol. The van der Waals surface area contributed by atoms with Gasteiger partial charge in [-0.05, 0) is 43.1 Å². The van der Waals surface area contributed by atoms with Crippen LogP contribution in [0, 0.1) is 11.8 Å². The number of hydrogen-bond donors (Lipinski definition) is 0. The maximum atomic E-state index is 12.0. The van der Waals surface area contributed by atoms with Gasteiger partial charge in [-0.1, -0.05) is 30.3 Å². The molecule has 1 aromatic rings. The van der Waals surface area contributed by atoms with Crippen molar-refractivity contribution in [2.24, 2.45) is 11.8 Å². The summed E-state index contributed by atoms with van der Waals surface area (Å²) in [7, 11) is 1.80. The Bertz CT molecular complexity index is 466. The summed E-state index contributed by atoms with van der Waals surface area (Å²) in [5, 5.41) is 0. The van der Waals surface area contributed by atoms with Crippen LogP contribution in [-0.4, -0.2) is 30.9 Å². The zero-order chi connectivity index (χ0) is 15.8. The van der Waals surface area contributed by atoms with Gasteiger partial charge in [0.15, 0.2) is 0 Å². The number of carbonyl (C=O) groups excluding carboxylic acids is 2. The first-order valence-electron chi connectivity index (χ1n) is 8.04. The minimum absolute atomic E-state index is 0.265. The Hall–Kier alpha value is -1.84. The van der Waals surface area contributed by atoms with E-state index in [0.29, 0.717) is 24.9 Å². The predicted octanol–water partition coefficient (Wildman–Crippen LogP) is 3.65. The fraction of sp³-hybridized carbons (Fsp3) is 0.556. The highest BCUT2D eigenvalue weighted by molar-refractivity contribution is 5.67. The molecule has 1 amide bonds. The molecule has 0 aromatic heterocycles. The second-order valence-electron chi connectivity index (χ2n) is 6.21. The van der Waals surface area contributed by atoms with Gasteiger partial charge in [-0.2, -0.15) is 0 Å². The van der Waals surface area contributed by atoms with Crippen LogP contribution in [0.5, 0.6) is 0 Å². The van der Waals surface area contributed by atoms with Crippen LogP contribution in [0.25, 0.3) is 0 Å².